The number of benzene rings is 1. The lowest BCUT2D eigenvalue weighted by molar-refractivity contribution is 0.168. The molecule has 0 aliphatic heterocycles. The van der Waals surface area contributed by atoms with Gasteiger partial charge in [-0.1, -0.05) is 6.07 Å². The number of aliphatic hydroxyl groups is 1. The molecule has 0 saturated heterocycles. The molecule has 1 aromatic carbocycles. The molecule has 0 radical (unpaired) electrons. The lowest BCUT2D eigenvalue weighted by atomic mass is 10.0. The number of nitrogens with one attached hydrogen (secondary N) is 1. The van der Waals surface area contributed by atoms with Gasteiger partial charge in [-0.15, -0.1) is 0 Å². The zero-order valence-electron chi connectivity index (χ0n) is 10.4. The first kappa shape index (κ1) is 13.9. The van der Waals surface area contributed by atoms with Gasteiger partial charge >= 0.3 is 0 Å². The Morgan fingerprint density at radius 3 is 2.47 bits per heavy atom. The largest absolute Gasteiger partial charge is 0.508 e. The van der Waals surface area contributed by atoms with Crippen LogP contribution < -0.4 is 5.32 Å². The maximum absolute atomic E-state index is 12.8. The van der Waals surface area contributed by atoms with Gasteiger partial charge in [0, 0.05) is 23.7 Å². The van der Waals surface area contributed by atoms with Gasteiger partial charge in [0.1, 0.15) is 11.6 Å². The van der Waals surface area contributed by atoms with Gasteiger partial charge in [-0.2, -0.15) is 0 Å². The first-order valence-electron chi connectivity index (χ1n) is 5.82. The van der Waals surface area contributed by atoms with E-state index in [1.807, 2.05) is 13.8 Å². The van der Waals surface area contributed by atoms with Crippen molar-refractivity contribution in [2.75, 3.05) is 0 Å². The Labute approximate surface area is 101 Å². The second-order valence-corrected chi connectivity index (χ2v) is 4.58. The summed E-state index contributed by atoms with van der Waals surface area (Å²) >= 11 is 0. The molecule has 3 atom stereocenters. The monoisotopic (exact) mass is 241 g/mol. The van der Waals surface area contributed by atoms with Crippen LogP contribution in [0.5, 0.6) is 5.75 Å². The van der Waals surface area contributed by atoms with E-state index in [0.717, 1.165) is 6.07 Å². The average Bonchev–Trinajstić information content (AvgIpc) is 2.15. The molecule has 1 rings (SSSR count). The molecule has 0 fully saturated rings. The third-order valence-corrected chi connectivity index (χ3v) is 2.69. The van der Waals surface area contributed by atoms with Crippen LogP contribution in [0.15, 0.2) is 18.2 Å². The number of hydrogen-bond donors (Lipinski definition) is 3. The molecular formula is C13H20FNO2. The summed E-state index contributed by atoms with van der Waals surface area (Å²) < 4.78 is 12.8. The van der Waals surface area contributed by atoms with Crippen molar-refractivity contribution in [1.82, 2.24) is 5.32 Å². The van der Waals surface area contributed by atoms with Crippen molar-refractivity contribution < 1.29 is 14.6 Å². The molecule has 0 saturated carbocycles. The minimum atomic E-state index is -0.449. The van der Waals surface area contributed by atoms with Crippen molar-refractivity contribution in [3.63, 3.8) is 0 Å². The van der Waals surface area contributed by atoms with Gasteiger partial charge in [-0.3, -0.25) is 0 Å². The molecule has 3 unspecified atom stereocenters. The molecule has 0 amide bonds. The summed E-state index contributed by atoms with van der Waals surface area (Å²) in [5, 5.41) is 22.1. The summed E-state index contributed by atoms with van der Waals surface area (Å²) in [5.74, 6) is -0.496. The average molecular weight is 241 g/mol. The van der Waals surface area contributed by atoms with Gasteiger partial charge in [-0.25, -0.2) is 4.39 Å². The number of phenols is 1. The molecule has 0 aromatic heterocycles. The molecule has 4 heteroatoms. The SMILES string of the molecule is CC(O)CC(C)NC(C)c1ccc(F)cc1O. The first-order valence-corrected chi connectivity index (χ1v) is 5.82. The highest BCUT2D eigenvalue weighted by Gasteiger charge is 2.14. The maximum atomic E-state index is 12.8. The van der Waals surface area contributed by atoms with Gasteiger partial charge in [0.2, 0.25) is 0 Å². The summed E-state index contributed by atoms with van der Waals surface area (Å²) in [6.07, 6.45) is 0.262. The van der Waals surface area contributed by atoms with Crippen LogP contribution in [-0.4, -0.2) is 22.4 Å². The number of aliphatic hydroxyl groups excluding tert-OH is 1. The molecular weight excluding hydrogens is 221 g/mol. The quantitative estimate of drug-likeness (QED) is 0.741. The van der Waals surface area contributed by atoms with E-state index >= 15 is 0 Å². The van der Waals surface area contributed by atoms with Gasteiger partial charge in [0.15, 0.2) is 0 Å². The van der Waals surface area contributed by atoms with Crippen LogP contribution in [0.2, 0.25) is 0 Å². The lowest BCUT2D eigenvalue weighted by Gasteiger charge is -2.22. The van der Waals surface area contributed by atoms with E-state index in [1.54, 1.807) is 13.0 Å². The van der Waals surface area contributed by atoms with Crippen LogP contribution in [0.25, 0.3) is 0 Å². The van der Waals surface area contributed by atoms with Crippen molar-refractivity contribution in [2.24, 2.45) is 0 Å². The molecule has 17 heavy (non-hydrogen) atoms. The molecule has 0 aliphatic carbocycles. The van der Waals surface area contributed by atoms with E-state index in [4.69, 9.17) is 0 Å². The topological polar surface area (TPSA) is 52.5 Å². The zero-order valence-corrected chi connectivity index (χ0v) is 10.4. The predicted octanol–water partition coefficient (Wildman–Crippen LogP) is 2.34. The molecule has 0 bridgehead atoms. The molecule has 1 aromatic rings. The summed E-state index contributed by atoms with van der Waals surface area (Å²) in [6.45, 7) is 5.59. The molecule has 3 nitrogen and oxygen atoms in total. The number of hydrogen-bond acceptors (Lipinski definition) is 3. The molecule has 0 spiro atoms. The van der Waals surface area contributed by atoms with Gasteiger partial charge < -0.3 is 15.5 Å². The molecule has 96 valence electrons. The third-order valence-electron chi connectivity index (χ3n) is 2.69. The minimum Gasteiger partial charge on any atom is -0.508 e. The summed E-state index contributed by atoms with van der Waals surface area (Å²) in [5.41, 5.74) is 0.656. The second kappa shape index (κ2) is 5.98. The molecule has 3 N–H and O–H groups in total. The Balaban J connectivity index is 2.66. The van der Waals surface area contributed by atoms with Crippen LogP contribution in [0.4, 0.5) is 4.39 Å². The van der Waals surface area contributed by atoms with Gasteiger partial charge in [-0.05, 0) is 33.3 Å². The van der Waals surface area contributed by atoms with Crippen molar-refractivity contribution in [1.29, 1.82) is 0 Å². The highest BCUT2D eigenvalue weighted by Crippen LogP contribution is 2.25. The third kappa shape index (κ3) is 4.32. The van der Waals surface area contributed by atoms with Crippen LogP contribution in [0.3, 0.4) is 0 Å². The minimum absolute atomic E-state index is 0.0470. The van der Waals surface area contributed by atoms with E-state index in [1.165, 1.54) is 6.07 Å². The van der Waals surface area contributed by atoms with Crippen molar-refractivity contribution in [3.8, 4) is 5.75 Å². The predicted molar refractivity (Wildman–Crippen MR) is 65.4 cm³/mol. The standard InChI is InChI=1S/C13H20FNO2/c1-8(6-9(2)16)15-10(3)12-5-4-11(14)7-13(12)17/h4-5,7-10,15-17H,6H2,1-3H3. The van der Waals surface area contributed by atoms with Gasteiger partial charge in [0.05, 0.1) is 6.10 Å². The van der Waals surface area contributed by atoms with E-state index in [9.17, 15) is 14.6 Å². The Morgan fingerprint density at radius 1 is 1.29 bits per heavy atom. The van der Waals surface area contributed by atoms with Crippen LogP contribution in [-0.2, 0) is 0 Å². The summed E-state index contributed by atoms with van der Waals surface area (Å²) in [4.78, 5) is 0. The molecule has 0 heterocycles. The Hall–Kier alpha value is -1.13. The van der Waals surface area contributed by atoms with E-state index in [0.29, 0.717) is 12.0 Å². The van der Waals surface area contributed by atoms with E-state index in [-0.39, 0.29) is 23.9 Å². The maximum Gasteiger partial charge on any atom is 0.126 e. The smallest absolute Gasteiger partial charge is 0.126 e. The van der Waals surface area contributed by atoms with Crippen molar-refractivity contribution >= 4 is 0 Å². The van der Waals surface area contributed by atoms with Crippen LogP contribution >= 0.6 is 0 Å². The second-order valence-electron chi connectivity index (χ2n) is 4.58. The van der Waals surface area contributed by atoms with Crippen LogP contribution in [0, 0.1) is 5.82 Å². The highest BCUT2D eigenvalue weighted by molar-refractivity contribution is 5.34. The summed E-state index contributed by atoms with van der Waals surface area (Å²) in [7, 11) is 0. The fraction of sp³-hybridized carbons (Fsp3) is 0.538. The number of halogens is 1. The number of phenolic OH excluding ortho intramolecular Hbond substituents is 1. The number of aromatic hydroxyl groups is 1. The van der Waals surface area contributed by atoms with Crippen molar-refractivity contribution in [2.45, 2.75) is 45.4 Å². The van der Waals surface area contributed by atoms with Crippen molar-refractivity contribution in [3.05, 3.63) is 29.6 Å². The van der Waals surface area contributed by atoms with Gasteiger partial charge in [0.25, 0.3) is 0 Å². The number of rotatable bonds is 5. The highest BCUT2D eigenvalue weighted by atomic mass is 19.1. The Kier molecular flexibility index (Phi) is 4.90. The fourth-order valence-corrected chi connectivity index (χ4v) is 1.98. The summed E-state index contributed by atoms with van der Waals surface area (Å²) in [6, 6.07) is 4.02. The van der Waals surface area contributed by atoms with Crippen LogP contribution in [0.1, 0.15) is 38.8 Å². The Bertz CT molecular complexity index is 368. The fourth-order valence-electron chi connectivity index (χ4n) is 1.98. The molecule has 0 aliphatic rings. The Morgan fingerprint density at radius 2 is 1.94 bits per heavy atom. The van der Waals surface area contributed by atoms with E-state index in [2.05, 4.69) is 5.32 Å². The van der Waals surface area contributed by atoms with E-state index < -0.39 is 5.82 Å². The first-order chi connectivity index (χ1) is 7.90. The zero-order chi connectivity index (χ0) is 13.0. The normalized spacial score (nSPS) is 16.5. The lowest BCUT2D eigenvalue weighted by Crippen LogP contribution is -2.31.